The maximum atomic E-state index is 5.58. The van der Waals surface area contributed by atoms with E-state index in [9.17, 15) is 0 Å². The molecule has 0 amide bonds. The van der Waals surface area contributed by atoms with Gasteiger partial charge in [-0.2, -0.15) is 5.01 Å². The van der Waals surface area contributed by atoms with Gasteiger partial charge in [-0.25, -0.2) is 10.7 Å². The molecule has 0 bridgehead atoms. The van der Waals surface area contributed by atoms with Crippen molar-refractivity contribution in [3.8, 4) is 0 Å². The number of nitrogens with zero attached hydrogens (tertiary/aromatic N) is 2. The summed E-state index contributed by atoms with van der Waals surface area (Å²) in [6.07, 6.45) is 0. The summed E-state index contributed by atoms with van der Waals surface area (Å²) in [5.41, 5.74) is 1.15. The van der Waals surface area contributed by atoms with Crippen molar-refractivity contribution in [2.45, 2.75) is 26.8 Å². The monoisotopic (exact) mass is 241 g/mol. The summed E-state index contributed by atoms with van der Waals surface area (Å²) in [7, 11) is 3.22. The van der Waals surface area contributed by atoms with Gasteiger partial charge in [-0.15, -0.1) is 4.99 Å². The quantitative estimate of drug-likeness (QED) is 0.487. The van der Waals surface area contributed by atoms with Crippen molar-refractivity contribution >= 4 is 0 Å². The third-order valence-corrected chi connectivity index (χ3v) is 2.30. The van der Waals surface area contributed by atoms with Crippen molar-refractivity contribution < 1.29 is 9.88 Å². The highest BCUT2D eigenvalue weighted by atomic mass is 17.3. The minimum Gasteiger partial charge on any atom is -0.228 e. The number of hydrogen-bond donors (Lipinski definition) is 1. The maximum absolute atomic E-state index is 5.58. The van der Waals surface area contributed by atoms with Gasteiger partial charge >= 0.3 is 0 Å². The molecule has 5 heteroatoms. The van der Waals surface area contributed by atoms with Gasteiger partial charge in [0.1, 0.15) is 0 Å². The zero-order valence-corrected chi connectivity index (χ0v) is 11.3. The van der Waals surface area contributed by atoms with Gasteiger partial charge in [0.05, 0.1) is 13.2 Å². The van der Waals surface area contributed by atoms with Crippen LogP contribution >= 0.6 is 0 Å². The van der Waals surface area contributed by atoms with Gasteiger partial charge < -0.3 is 0 Å². The Hall–Kier alpha value is -0.980. The van der Waals surface area contributed by atoms with Crippen LogP contribution in [0.3, 0.4) is 0 Å². The van der Waals surface area contributed by atoms with E-state index in [0.29, 0.717) is 0 Å². The summed E-state index contributed by atoms with van der Waals surface area (Å²) < 4.78 is 0. The average molecular weight is 241 g/mol. The van der Waals surface area contributed by atoms with Crippen LogP contribution in [0.4, 0.5) is 0 Å². The number of hydrazine groups is 2. The van der Waals surface area contributed by atoms with Gasteiger partial charge in [-0.3, -0.25) is 0 Å². The highest BCUT2D eigenvalue weighted by Crippen LogP contribution is 2.18. The molecule has 0 aliphatic heterocycles. The molecule has 0 heterocycles. The molecule has 1 rings (SSSR count). The van der Waals surface area contributed by atoms with Gasteiger partial charge in [0.25, 0.3) is 0 Å². The van der Waals surface area contributed by atoms with Gasteiger partial charge in [-0.1, -0.05) is 44.2 Å². The fourth-order valence-corrected chi connectivity index (χ4v) is 1.25. The molecular formula is C12H23N3O2. The van der Waals surface area contributed by atoms with E-state index in [4.69, 9.17) is 5.84 Å². The van der Waals surface area contributed by atoms with E-state index in [1.807, 2.05) is 58.2 Å². The van der Waals surface area contributed by atoms with E-state index >= 15 is 0 Å². The lowest BCUT2D eigenvalue weighted by Crippen LogP contribution is -2.45. The molecule has 0 spiro atoms. The highest BCUT2D eigenvalue weighted by molar-refractivity contribution is 5.17. The van der Waals surface area contributed by atoms with E-state index in [1.165, 1.54) is 7.11 Å². The first-order chi connectivity index (χ1) is 8.16. The minimum absolute atomic E-state index is 0.103. The van der Waals surface area contributed by atoms with Gasteiger partial charge in [0, 0.05) is 7.05 Å². The Balaban J connectivity index is 0.00000121. The molecule has 1 aromatic rings. The minimum atomic E-state index is 0.103. The lowest BCUT2D eigenvalue weighted by atomic mass is 10.1. The molecule has 2 N–H and O–H groups in total. The summed E-state index contributed by atoms with van der Waals surface area (Å²) >= 11 is 0. The number of nitrogens with two attached hydrogens (primary N) is 1. The van der Waals surface area contributed by atoms with E-state index in [1.54, 1.807) is 5.01 Å². The topological polar surface area (TPSA) is 51.0 Å². The molecule has 98 valence electrons. The van der Waals surface area contributed by atoms with E-state index in [0.717, 1.165) is 10.8 Å². The van der Waals surface area contributed by atoms with E-state index in [-0.39, 0.29) is 6.04 Å². The molecule has 5 nitrogen and oxygen atoms in total. The van der Waals surface area contributed by atoms with Crippen LogP contribution in [0.15, 0.2) is 30.3 Å². The molecule has 0 saturated heterocycles. The molecule has 1 unspecified atom stereocenters. The van der Waals surface area contributed by atoms with Crippen molar-refractivity contribution in [2.24, 2.45) is 5.84 Å². The van der Waals surface area contributed by atoms with E-state index < -0.39 is 0 Å². The summed E-state index contributed by atoms with van der Waals surface area (Å²) in [6.45, 7) is 6.02. The Labute approximate surface area is 104 Å². The van der Waals surface area contributed by atoms with Crippen LogP contribution in [-0.2, 0) is 9.88 Å². The summed E-state index contributed by atoms with van der Waals surface area (Å²) in [4.78, 5) is 9.15. The number of hydrogen-bond acceptors (Lipinski definition) is 5. The van der Waals surface area contributed by atoms with Crippen molar-refractivity contribution in [1.29, 1.82) is 0 Å². The second kappa shape index (κ2) is 9.09. The first-order valence-corrected chi connectivity index (χ1v) is 5.70. The van der Waals surface area contributed by atoms with Crippen molar-refractivity contribution in [1.82, 2.24) is 10.3 Å². The second-order valence-corrected chi connectivity index (χ2v) is 3.20. The molecular weight excluding hydrogens is 218 g/mol. The molecule has 0 fully saturated rings. The van der Waals surface area contributed by atoms with Gasteiger partial charge in [-0.05, 0) is 17.8 Å². The van der Waals surface area contributed by atoms with Crippen LogP contribution in [0.5, 0.6) is 0 Å². The molecule has 0 saturated carbocycles. The highest BCUT2D eigenvalue weighted by Gasteiger charge is 2.16. The lowest BCUT2D eigenvalue weighted by molar-refractivity contribution is -0.473. The Kier molecular flexibility index (Phi) is 8.57. The molecule has 0 aromatic heterocycles. The van der Waals surface area contributed by atoms with Crippen LogP contribution in [0.1, 0.15) is 32.4 Å². The molecule has 1 aromatic carbocycles. The molecule has 1 atom stereocenters. The van der Waals surface area contributed by atoms with E-state index in [2.05, 4.69) is 9.88 Å². The Morgan fingerprint density at radius 2 is 1.71 bits per heavy atom. The number of benzene rings is 1. The van der Waals surface area contributed by atoms with Crippen molar-refractivity contribution in [3.05, 3.63) is 35.9 Å². The fraction of sp³-hybridized carbons (Fsp3) is 0.500. The fourth-order valence-electron chi connectivity index (χ4n) is 1.25. The molecule has 0 radical (unpaired) electrons. The zero-order valence-electron chi connectivity index (χ0n) is 11.3. The predicted molar refractivity (Wildman–Crippen MR) is 68.1 cm³/mol. The third-order valence-electron chi connectivity index (χ3n) is 2.30. The lowest BCUT2D eigenvalue weighted by Gasteiger charge is -2.29. The average Bonchev–Trinajstić information content (AvgIpc) is 2.40. The maximum Gasteiger partial charge on any atom is 0.0734 e. The van der Waals surface area contributed by atoms with Crippen LogP contribution in [0.25, 0.3) is 0 Å². The summed E-state index contributed by atoms with van der Waals surface area (Å²) in [5.74, 6) is 5.58. The first-order valence-electron chi connectivity index (χ1n) is 5.70. The third kappa shape index (κ3) is 5.25. The normalized spacial score (nSPS) is 12.2. The van der Waals surface area contributed by atoms with Crippen LogP contribution in [0.2, 0.25) is 0 Å². The van der Waals surface area contributed by atoms with Gasteiger partial charge in [0.2, 0.25) is 0 Å². The molecule has 0 aliphatic carbocycles. The first kappa shape index (κ1) is 16.0. The zero-order chi connectivity index (χ0) is 13.3. The van der Waals surface area contributed by atoms with Crippen LogP contribution in [-0.4, -0.2) is 24.4 Å². The summed E-state index contributed by atoms with van der Waals surface area (Å²) in [5, 5.41) is 2.77. The predicted octanol–water partition coefficient (Wildman–Crippen LogP) is 2.29. The van der Waals surface area contributed by atoms with Crippen molar-refractivity contribution in [2.75, 3.05) is 14.2 Å². The summed E-state index contributed by atoms with van der Waals surface area (Å²) in [6, 6.07) is 10.1. The standard InChI is InChI=1S/C10H17N3O2.C2H6/c1-9(10-7-5-4-6-8-10)12(2)13(11)15-14-3;1-2/h4-9H,11H2,1-3H3;1-2H3. The Morgan fingerprint density at radius 3 is 2.18 bits per heavy atom. The smallest absolute Gasteiger partial charge is 0.0734 e. The SMILES string of the molecule is CC.COON(N)N(C)C(C)c1ccccc1. The second-order valence-electron chi connectivity index (χ2n) is 3.20. The largest absolute Gasteiger partial charge is 0.228 e. The van der Waals surface area contributed by atoms with Crippen LogP contribution in [0, 0.1) is 0 Å². The van der Waals surface area contributed by atoms with Gasteiger partial charge in [0.15, 0.2) is 0 Å². The number of rotatable bonds is 5. The Morgan fingerprint density at radius 1 is 1.18 bits per heavy atom. The molecule has 0 aliphatic rings. The van der Waals surface area contributed by atoms with Crippen LogP contribution < -0.4 is 5.84 Å². The molecule has 17 heavy (non-hydrogen) atoms. The Bertz CT molecular complexity index is 282. The van der Waals surface area contributed by atoms with Crippen molar-refractivity contribution in [3.63, 3.8) is 0 Å².